The van der Waals surface area contributed by atoms with Gasteiger partial charge in [-0.15, -0.1) is 0 Å². The van der Waals surface area contributed by atoms with Crippen LogP contribution in [0.3, 0.4) is 0 Å². The van der Waals surface area contributed by atoms with Crippen LogP contribution in [-0.2, 0) is 14.0 Å². The molecule has 2 atom stereocenters. The lowest BCUT2D eigenvalue weighted by Gasteiger charge is -2.65. The highest BCUT2D eigenvalue weighted by Crippen LogP contribution is 2.62. The number of methoxy groups -OCH3 is 1. The van der Waals surface area contributed by atoms with Crippen LogP contribution in [-0.4, -0.2) is 27.0 Å². The topological polar surface area (TPSA) is 35.5 Å². The van der Waals surface area contributed by atoms with E-state index in [-0.39, 0.29) is 28.3 Å². The minimum absolute atomic E-state index is 0.00442. The number of hydrogen-bond donors (Lipinski definition) is 0. The highest BCUT2D eigenvalue weighted by Gasteiger charge is 2.67. The third-order valence-corrected chi connectivity index (χ3v) is 10.3. The molecule has 0 aromatic carbocycles. The monoisotopic (exact) mass is 314 g/mol. The molecule has 3 nitrogen and oxygen atoms in total. The SMILES string of the molecule is COC(=O)C1CC(C)(C)[C@]1(O[Si](C)(C)C(C)(C)C)C(C)C. The van der Waals surface area contributed by atoms with Crippen LogP contribution in [0.25, 0.3) is 0 Å². The van der Waals surface area contributed by atoms with Gasteiger partial charge in [0, 0.05) is 0 Å². The van der Waals surface area contributed by atoms with Crippen LogP contribution in [0.4, 0.5) is 0 Å². The van der Waals surface area contributed by atoms with Gasteiger partial charge >= 0.3 is 5.97 Å². The predicted octanol–water partition coefficient (Wildman–Crippen LogP) is 4.62. The van der Waals surface area contributed by atoms with E-state index < -0.39 is 13.9 Å². The summed E-state index contributed by atoms with van der Waals surface area (Å²) in [6.07, 6.45) is 0.840. The molecule has 1 unspecified atom stereocenters. The number of carbonyl (C=O) groups is 1. The fourth-order valence-electron chi connectivity index (χ4n) is 3.65. The maximum atomic E-state index is 12.3. The molecule has 21 heavy (non-hydrogen) atoms. The van der Waals surface area contributed by atoms with Gasteiger partial charge in [-0.3, -0.25) is 4.79 Å². The summed E-state index contributed by atoms with van der Waals surface area (Å²) in [6, 6.07) is 0. The van der Waals surface area contributed by atoms with Crippen molar-refractivity contribution in [3.8, 4) is 0 Å². The number of ether oxygens (including phenoxy) is 1. The second-order valence-corrected chi connectivity index (χ2v) is 13.7. The first-order chi connectivity index (χ1) is 9.23. The van der Waals surface area contributed by atoms with E-state index in [9.17, 15) is 4.79 Å². The van der Waals surface area contributed by atoms with E-state index in [1.807, 2.05) is 0 Å². The van der Waals surface area contributed by atoms with Gasteiger partial charge in [-0.1, -0.05) is 48.5 Å². The van der Waals surface area contributed by atoms with E-state index in [1.54, 1.807) is 0 Å². The second kappa shape index (κ2) is 5.38. The molecular formula is C17H34O3Si. The molecule has 1 fully saturated rings. The molecule has 0 heterocycles. The molecule has 0 aliphatic heterocycles. The quantitative estimate of drug-likeness (QED) is 0.561. The molecule has 0 N–H and O–H groups in total. The van der Waals surface area contributed by atoms with Crippen LogP contribution >= 0.6 is 0 Å². The van der Waals surface area contributed by atoms with E-state index >= 15 is 0 Å². The van der Waals surface area contributed by atoms with Crippen molar-refractivity contribution in [3.63, 3.8) is 0 Å². The zero-order valence-electron chi connectivity index (χ0n) is 15.6. The van der Waals surface area contributed by atoms with E-state index in [1.165, 1.54) is 7.11 Å². The largest absolute Gasteiger partial charge is 0.469 e. The predicted molar refractivity (Wildman–Crippen MR) is 89.8 cm³/mol. The molecule has 0 radical (unpaired) electrons. The fraction of sp³-hybridized carbons (Fsp3) is 0.941. The Morgan fingerprint density at radius 1 is 1.24 bits per heavy atom. The maximum Gasteiger partial charge on any atom is 0.311 e. The molecule has 124 valence electrons. The van der Waals surface area contributed by atoms with Crippen molar-refractivity contribution >= 4 is 14.3 Å². The smallest absolute Gasteiger partial charge is 0.311 e. The van der Waals surface area contributed by atoms with Crippen molar-refractivity contribution in [2.24, 2.45) is 17.3 Å². The Hall–Kier alpha value is -0.353. The summed E-state index contributed by atoms with van der Waals surface area (Å²) in [6.45, 7) is 20.0. The summed E-state index contributed by atoms with van der Waals surface area (Å²) >= 11 is 0. The normalized spacial score (nSPS) is 29.2. The lowest BCUT2D eigenvalue weighted by molar-refractivity contribution is -0.226. The number of hydrogen-bond acceptors (Lipinski definition) is 3. The molecule has 0 saturated heterocycles. The maximum absolute atomic E-state index is 12.3. The highest BCUT2D eigenvalue weighted by molar-refractivity contribution is 6.74. The lowest BCUT2D eigenvalue weighted by Crippen LogP contribution is -2.71. The average molecular weight is 315 g/mol. The van der Waals surface area contributed by atoms with E-state index in [4.69, 9.17) is 9.16 Å². The Bertz CT molecular complexity index is 407. The Labute approximate surface area is 131 Å². The van der Waals surface area contributed by atoms with Crippen molar-refractivity contribution in [3.05, 3.63) is 0 Å². The van der Waals surface area contributed by atoms with Gasteiger partial charge < -0.3 is 9.16 Å². The molecule has 1 saturated carbocycles. The molecule has 4 heteroatoms. The lowest BCUT2D eigenvalue weighted by atomic mass is 9.48. The third kappa shape index (κ3) is 2.81. The first-order valence-electron chi connectivity index (χ1n) is 8.01. The Morgan fingerprint density at radius 3 is 2.00 bits per heavy atom. The van der Waals surface area contributed by atoms with Crippen molar-refractivity contribution in [2.75, 3.05) is 7.11 Å². The first-order valence-corrected chi connectivity index (χ1v) is 10.9. The van der Waals surface area contributed by atoms with E-state index in [0.717, 1.165) is 6.42 Å². The van der Waals surface area contributed by atoms with Gasteiger partial charge in [0.05, 0.1) is 18.6 Å². The van der Waals surface area contributed by atoms with Gasteiger partial charge in [0.25, 0.3) is 0 Å². The van der Waals surface area contributed by atoms with Crippen molar-refractivity contribution in [1.29, 1.82) is 0 Å². The van der Waals surface area contributed by atoms with Gasteiger partial charge in [0.15, 0.2) is 8.32 Å². The van der Waals surface area contributed by atoms with Crippen LogP contribution in [0.15, 0.2) is 0 Å². The number of carbonyl (C=O) groups excluding carboxylic acids is 1. The first kappa shape index (κ1) is 18.7. The fourth-order valence-corrected chi connectivity index (χ4v) is 5.45. The number of esters is 1. The average Bonchev–Trinajstić information content (AvgIpc) is 2.30. The standard InChI is InChI=1S/C17H34O3Si/c1-12(2)17(20-21(9,10)15(3,4)5)13(14(18)19-8)11-16(17,6)7/h12-13H,11H2,1-10H3/t13?,17-/m0/s1. The van der Waals surface area contributed by atoms with Gasteiger partial charge in [-0.2, -0.15) is 0 Å². The molecule has 0 aromatic heterocycles. The molecule has 1 aliphatic rings. The highest BCUT2D eigenvalue weighted by atomic mass is 28.4. The molecule has 0 spiro atoms. The van der Waals surface area contributed by atoms with Gasteiger partial charge in [-0.05, 0) is 35.9 Å². The zero-order valence-corrected chi connectivity index (χ0v) is 16.6. The minimum Gasteiger partial charge on any atom is -0.469 e. The summed E-state index contributed by atoms with van der Waals surface area (Å²) in [5.41, 5.74) is -0.418. The van der Waals surface area contributed by atoms with Crippen LogP contribution in [0.5, 0.6) is 0 Å². The van der Waals surface area contributed by atoms with E-state index in [2.05, 4.69) is 61.6 Å². The summed E-state index contributed by atoms with van der Waals surface area (Å²) in [7, 11) is -0.493. The summed E-state index contributed by atoms with van der Waals surface area (Å²) in [4.78, 5) is 12.3. The molecule has 0 aromatic rings. The number of rotatable bonds is 4. The summed E-state index contributed by atoms with van der Waals surface area (Å²) in [5.74, 6) is 0.00725. The summed E-state index contributed by atoms with van der Waals surface area (Å²) < 4.78 is 11.9. The minimum atomic E-state index is -1.97. The van der Waals surface area contributed by atoms with Gasteiger partial charge in [0.2, 0.25) is 0 Å². The summed E-state index contributed by atoms with van der Waals surface area (Å²) in [5, 5.41) is 0.126. The van der Waals surface area contributed by atoms with E-state index in [0.29, 0.717) is 0 Å². The zero-order chi connectivity index (χ0) is 16.9. The molecular weight excluding hydrogens is 280 g/mol. The van der Waals surface area contributed by atoms with Crippen LogP contribution < -0.4 is 0 Å². The van der Waals surface area contributed by atoms with Crippen molar-refractivity contribution in [1.82, 2.24) is 0 Å². The third-order valence-electron chi connectivity index (χ3n) is 5.86. The van der Waals surface area contributed by atoms with Gasteiger partial charge in [0.1, 0.15) is 0 Å². The Balaban J connectivity index is 3.27. The Morgan fingerprint density at radius 2 is 1.71 bits per heavy atom. The van der Waals surface area contributed by atoms with Crippen LogP contribution in [0.2, 0.25) is 18.1 Å². The van der Waals surface area contributed by atoms with Crippen molar-refractivity contribution < 1.29 is 14.0 Å². The molecule has 0 bridgehead atoms. The molecule has 1 aliphatic carbocycles. The molecule has 1 rings (SSSR count). The molecule has 0 amide bonds. The van der Waals surface area contributed by atoms with Gasteiger partial charge in [-0.25, -0.2) is 0 Å². The van der Waals surface area contributed by atoms with Crippen molar-refractivity contribution in [2.45, 2.75) is 78.6 Å². The van der Waals surface area contributed by atoms with Crippen LogP contribution in [0, 0.1) is 17.3 Å². The second-order valence-electron chi connectivity index (χ2n) is 8.97. The van der Waals surface area contributed by atoms with Crippen LogP contribution in [0.1, 0.15) is 54.9 Å². The Kier molecular flexibility index (Phi) is 4.79.